The van der Waals surface area contributed by atoms with Crippen LogP contribution in [0.3, 0.4) is 0 Å². The summed E-state index contributed by atoms with van der Waals surface area (Å²) in [5.74, 6) is 0. The summed E-state index contributed by atoms with van der Waals surface area (Å²) in [6.45, 7) is 2.55. The maximum Gasteiger partial charge on any atom is 0.322 e. The third-order valence-corrected chi connectivity index (χ3v) is 6.13. The van der Waals surface area contributed by atoms with E-state index in [2.05, 4.69) is 33.5 Å². The molecule has 150 valence electrons. The molecule has 0 radical (unpaired) electrons. The molecule has 0 saturated heterocycles. The summed E-state index contributed by atoms with van der Waals surface area (Å²) in [6, 6.07) is 17.4. The summed E-state index contributed by atoms with van der Waals surface area (Å²) >= 11 is 6.24. The molecular formula is C24H21ClN4O. The fourth-order valence-electron chi connectivity index (χ4n) is 4.21. The fraction of sp³-hybridized carbons (Fsp3) is 0.167. The lowest BCUT2D eigenvalue weighted by Crippen LogP contribution is -2.43. The van der Waals surface area contributed by atoms with Crippen LogP contribution in [0.4, 0.5) is 10.5 Å². The van der Waals surface area contributed by atoms with Gasteiger partial charge in [-0.05, 0) is 54.3 Å². The third kappa shape index (κ3) is 3.21. The number of nitrogens with one attached hydrogen (secondary N) is 2. The Balaban J connectivity index is 1.55. The van der Waals surface area contributed by atoms with E-state index in [1.165, 1.54) is 10.9 Å². The molecule has 4 aromatic rings. The number of rotatable bonds is 2. The number of aryl methyl sites for hydroxylation is 1. The Morgan fingerprint density at radius 1 is 1.20 bits per heavy atom. The van der Waals surface area contributed by atoms with Crippen LogP contribution in [0.25, 0.3) is 10.9 Å². The van der Waals surface area contributed by atoms with Gasteiger partial charge in [-0.15, -0.1) is 0 Å². The molecule has 0 bridgehead atoms. The number of H-pyrrole nitrogens is 1. The number of hydrogen-bond acceptors (Lipinski definition) is 2. The Bertz CT molecular complexity index is 1230. The van der Waals surface area contributed by atoms with Crippen molar-refractivity contribution in [1.29, 1.82) is 0 Å². The van der Waals surface area contributed by atoms with Crippen molar-refractivity contribution in [3.05, 3.63) is 94.4 Å². The van der Waals surface area contributed by atoms with E-state index in [4.69, 9.17) is 11.6 Å². The number of pyridine rings is 1. The summed E-state index contributed by atoms with van der Waals surface area (Å²) < 4.78 is 0. The van der Waals surface area contributed by atoms with Crippen LogP contribution in [0.5, 0.6) is 0 Å². The highest BCUT2D eigenvalue weighted by Crippen LogP contribution is 2.38. The van der Waals surface area contributed by atoms with Crippen molar-refractivity contribution >= 4 is 34.2 Å². The van der Waals surface area contributed by atoms with Crippen LogP contribution >= 0.6 is 11.6 Å². The minimum absolute atomic E-state index is 0.159. The lowest BCUT2D eigenvalue weighted by molar-refractivity contribution is 0.193. The van der Waals surface area contributed by atoms with Gasteiger partial charge in [0.25, 0.3) is 0 Å². The molecule has 0 spiro atoms. The van der Waals surface area contributed by atoms with Crippen molar-refractivity contribution in [2.45, 2.75) is 19.4 Å². The van der Waals surface area contributed by atoms with E-state index in [9.17, 15) is 4.79 Å². The zero-order valence-corrected chi connectivity index (χ0v) is 17.3. The first-order valence-electron chi connectivity index (χ1n) is 9.95. The number of aromatic amines is 1. The molecule has 30 heavy (non-hydrogen) atoms. The highest BCUT2D eigenvalue weighted by molar-refractivity contribution is 6.31. The lowest BCUT2D eigenvalue weighted by atomic mass is 9.93. The van der Waals surface area contributed by atoms with Gasteiger partial charge in [0.05, 0.1) is 0 Å². The van der Waals surface area contributed by atoms with Crippen LogP contribution in [0.2, 0.25) is 5.02 Å². The Morgan fingerprint density at radius 2 is 2.07 bits per heavy atom. The molecule has 2 N–H and O–H groups in total. The van der Waals surface area contributed by atoms with E-state index in [0.29, 0.717) is 17.3 Å². The number of para-hydroxylation sites is 1. The minimum atomic E-state index is -0.240. The maximum atomic E-state index is 13.3. The topological polar surface area (TPSA) is 61.0 Å². The van der Waals surface area contributed by atoms with Gasteiger partial charge in [-0.25, -0.2) is 4.79 Å². The molecule has 1 aliphatic rings. The van der Waals surface area contributed by atoms with Gasteiger partial charge in [-0.1, -0.05) is 41.9 Å². The van der Waals surface area contributed by atoms with Gasteiger partial charge < -0.3 is 15.2 Å². The second-order valence-electron chi connectivity index (χ2n) is 7.59. The SMILES string of the molecule is Cc1ccc(NC(=O)N2CCc3c([nH]c4ccccc34)[C@H]2c2cccnc2)cc1Cl. The maximum absolute atomic E-state index is 13.3. The van der Waals surface area contributed by atoms with Crippen molar-refractivity contribution in [1.82, 2.24) is 14.9 Å². The van der Waals surface area contributed by atoms with Crippen LogP contribution in [0.1, 0.15) is 28.4 Å². The van der Waals surface area contributed by atoms with Crippen LogP contribution < -0.4 is 5.32 Å². The number of fused-ring (bicyclic) bond motifs is 3. The summed E-state index contributed by atoms with van der Waals surface area (Å²) in [4.78, 5) is 23.0. The summed E-state index contributed by atoms with van der Waals surface area (Å²) in [6.07, 6.45) is 4.36. The molecule has 5 rings (SSSR count). The molecule has 6 heteroatoms. The number of carbonyl (C=O) groups excluding carboxylic acids is 1. The number of aromatic nitrogens is 2. The third-order valence-electron chi connectivity index (χ3n) is 5.72. The van der Waals surface area contributed by atoms with Gasteiger partial charge in [0.15, 0.2) is 0 Å². The normalized spacial score (nSPS) is 15.8. The highest BCUT2D eigenvalue weighted by Gasteiger charge is 2.34. The molecule has 0 saturated carbocycles. The molecule has 3 heterocycles. The standard InChI is InChI=1S/C24H21ClN4O/c1-15-8-9-17(13-20(15)25)27-24(30)29-12-10-19-18-6-2-3-7-21(18)28-22(19)23(29)16-5-4-11-26-14-16/h2-9,11,13-14,23,28H,10,12H2,1H3,(H,27,30)/t23-/m1/s1. The highest BCUT2D eigenvalue weighted by atomic mass is 35.5. The number of carbonyl (C=O) groups is 1. The predicted octanol–water partition coefficient (Wildman–Crippen LogP) is 5.70. The minimum Gasteiger partial charge on any atom is -0.356 e. The van der Waals surface area contributed by atoms with Gasteiger partial charge in [0.2, 0.25) is 0 Å². The van der Waals surface area contributed by atoms with Crippen molar-refractivity contribution in [2.24, 2.45) is 0 Å². The van der Waals surface area contributed by atoms with Crippen molar-refractivity contribution < 1.29 is 4.79 Å². The lowest BCUT2D eigenvalue weighted by Gasteiger charge is -2.36. The molecular weight excluding hydrogens is 396 g/mol. The predicted molar refractivity (Wildman–Crippen MR) is 120 cm³/mol. The Morgan fingerprint density at radius 3 is 2.87 bits per heavy atom. The van der Waals surface area contributed by atoms with Crippen LogP contribution in [-0.4, -0.2) is 27.4 Å². The number of hydrogen-bond donors (Lipinski definition) is 2. The number of nitrogens with zero attached hydrogens (tertiary/aromatic N) is 2. The number of halogens is 1. The van der Waals surface area contributed by atoms with Gasteiger partial charge in [-0.2, -0.15) is 0 Å². The quantitative estimate of drug-likeness (QED) is 0.440. The first-order valence-corrected chi connectivity index (χ1v) is 10.3. The van der Waals surface area contributed by atoms with E-state index in [1.54, 1.807) is 12.3 Å². The van der Waals surface area contributed by atoms with Crippen LogP contribution in [0, 0.1) is 6.92 Å². The van der Waals surface area contributed by atoms with E-state index in [-0.39, 0.29) is 12.1 Å². The summed E-state index contributed by atoms with van der Waals surface area (Å²) in [5, 5.41) is 4.86. The number of amides is 2. The van der Waals surface area contributed by atoms with Crippen molar-refractivity contribution in [3.8, 4) is 0 Å². The molecule has 2 amide bonds. The monoisotopic (exact) mass is 416 g/mol. The van der Waals surface area contributed by atoms with E-state index in [1.807, 2.05) is 48.4 Å². The first kappa shape index (κ1) is 18.7. The molecule has 2 aromatic heterocycles. The Labute approximate surface area is 179 Å². The summed E-state index contributed by atoms with van der Waals surface area (Å²) in [5.41, 5.74) is 6.03. The number of anilines is 1. The Kier molecular flexibility index (Phi) is 4.68. The second-order valence-corrected chi connectivity index (χ2v) is 8.00. The van der Waals surface area contributed by atoms with E-state index < -0.39 is 0 Å². The van der Waals surface area contributed by atoms with Gasteiger partial charge >= 0.3 is 6.03 Å². The number of benzene rings is 2. The van der Waals surface area contributed by atoms with Gasteiger partial charge in [-0.3, -0.25) is 4.98 Å². The molecule has 1 aliphatic heterocycles. The molecule has 0 aliphatic carbocycles. The average Bonchev–Trinajstić information content (AvgIpc) is 3.15. The smallest absolute Gasteiger partial charge is 0.322 e. The molecule has 0 fully saturated rings. The molecule has 5 nitrogen and oxygen atoms in total. The van der Waals surface area contributed by atoms with Crippen LogP contribution in [-0.2, 0) is 6.42 Å². The molecule has 1 atom stereocenters. The second kappa shape index (κ2) is 7.50. The van der Waals surface area contributed by atoms with E-state index in [0.717, 1.165) is 28.8 Å². The van der Waals surface area contributed by atoms with E-state index >= 15 is 0 Å². The largest absolute Gasteiger partial charge is 0.356 e. The molecule has 0 unspecified atom stereocenters. The van der Waals surface area contributed by atoms with Crippen molar-refractivity contribution in [3.63, 3.8) is 0 Å². The number of urea groups is 1. The molecule has 2 aromatic carbocycles. The zero-order chi connectivity index (χ0) is 20.7. The van der Waals surface area contributed by atoms with Crippen LogP contribution in [0.15, 0.2) is 67.0 Å². The summed E-state index contributed by atoms with van der Waals surface area (Å²) in [7, 11) is 0. The zero-order valence-electron chi connectivity index (χ0n) is 16.5. The van der Waals surface area contributed by atoms with Crippen molar-refractivity contribution in [2.75, 3.05) is 11.9 Å². The van der Waals surface area contributed by atoms with Gasteiger partial charge in [0, 0.05) is 46.2 Å². The Hall–Kier alpha value is -3.31. The van der Waals surface area contributed by atoms with Gasteiger partial charge in [0.1, 0.15) is 6.04 Å². The first-order chi connectivity index (χ1) is 14.6. The fourth-order valence-corrected chi connectivity index (χ4v) is 4.39. The average molecular weight is 417 g/mol.